The predicted octanol–water partition coefficient (Wildman–Crippen LogP) is 1.16. The van der Waals surface area contributed by atoms with E-state index in [1.54, 1.807) is 4.68 Å². The summed E-state index contributed by atoms with van der Waals surface area (Å²) in [7, 11) is 3.83. The summed E-state index contributed by atoms with van der Waals surface area (Å²) in [5.74, 6) is 0.0499. The van der Waals surface area contributed by atoms with E-state index in [4.69, 9.17) is 0 Å². The lowest BCUT2D eigenvalue weighted by Gasteiger charge is -2.28. The van der Waals surface area contributed by atoms with Crippen LogP contribution in [0, 0.1) is 0 Å². The fourth-order valence-electron chi connectivity index (χ4n) is 1.65. The molecule has 18 heavy (non-hydrogen) atoms. The number of carbonyl (C=O) groups excluding carboxylic acids is 1. The molecule has 0 bridgehead atoms. The topological polar surface area (TPSA) is 50.2 Å². The summed E-state index contributed by atoms with van der Waals surface area (Å²) in [5.41, 5.74) is 0.913. The minimum absolute atomic E-state index is 0.0499. The molecule has 0 aliphatic rings. The Morgan fingerprint density at radius 3 is 2.61 bits per heavy atom. The van der Waals surface area contributed by atoms with E-state index in [1.807, 2.05) is 59.1 Å². The van der Waals surface area contributed by atoms with Crippen molar-refractivity contribution >= 4 is 5.91 Å². The Morgan fingerprint density at radius 2 is 2.17 bits per heavy atom. The maximum Gasteiger partial charge on any atom is 0.237 e. The van der Waals surface area contributed by atoms with E-state index in [2.05, 4.69) is 10.4 Å². The smallest absolute Gasteiger partial charge is 0.237 e. The van der Waals surface area contributed by atoms with Crippen molar-refractivity contribution in [3.8, 4) is 0 Å². The SMILES string of the molecule is CC(C(=O)NC(C)(C)C)N(C)Cc1cnn(C)c1. The molecular weight excluding hydrogens is 228 g/mol. The van der Waals surface area contributed by atoms with Crippen molar-refractivity contribution in [1.29, 1.82) is 0 Å². The summed E-state index contributed by atoms with van der Waals surface area (Å²) < 4.78 is 1.77. The molecule has 1 atom stereocenters. The van der Waals surface area contributed by atoms with E-state index < -0.39 is 0 Å². The number of rotatable bonds is 4. The van der Waals surface area contributed by atoms with Gasteiger partial charge in [-0.15, -0.1) is 0 Å². The first-order valence-electron chi connectivity index (χ1n) is 6.19. The second-order valence-electron chi connectivity index (χ2n) is 5.85. The van der Waals surface area contributed by atoms with Crippen LogP contribution < -0.4 is 5.32 Å². The fourth-order valence-corrected chi connectivity index (χ4v) is 1.65. The Morgan fingerprint density at radius 1 is 1.56 bits per heavy atom. The predicted molar refractivity (Wildman–Crippen MR) is 72.0 cm³/mol. The van der Waals surface area contributed by atoms with Crippen LogP contribution in [0.2, 0.25) is 0 Å². The standard InChI is InChI=1S/C13H24N4O/c1-10(12(18)15-13(2,3)4)16(5)8-11-7-14-17(6)9-11/h7,9-10H,8H2,1-6H3,(H,15,18). The molecule has 0 radical (unpaired) electrons. The Hall–Kier alpha value is -1.36. The quantitative estimate of drug-likeness (QED) is 0.874. The number of carbonyl (C=O) groups is 1. The monoisotopic (exact) mass is 252 g/mol. The Bertz CT molecular complexity index is 405. The maximum atomic E-state index is 12.0. The van der Waals surface area contributed by atoms with Crippen molar-refractivity contribution in [2.45, 2.75) is 45.8 Å². The number of nitrogens with zero attached hydrogens (tertiary/aromatic N) is 3. The highest BCUT2D eigenvalue weighted by molar-refractivity contribution is 5.81. The summed E-state index contributed by atoms with van der Waals surface area (Å²) >= 11 is 0. The molecule has 0 aliphatic carbocycles. The van der Waals surface area contributed by atoms with Crippen molar-refractivity contribution in [1.82, 2.24) is 20.0 Å². The van der Waals surface area contributed by atoms with Crippen LogP contribution in [-0.2, 0) is 18.4 Å². The second-order valence-corrected chi connectivity index (χ2v) is 5.85. The molecule has 0 saturated carbocycles. The molecule has 1 N–H and O–H groups in total. The Balaban J connectivity index is 2.55. The summed E-state index contributed by atoms with van der Waals surface area (Å²) in [4.78, 5) is 14.0. The van der Waals surface area contributed by atoms with Crippen LogP contribution in [0.1, 0.15) is 33.3 Å². The zero-order chi connectivity index (χ0) is 13.9. The van der Waals surface area contributed by atoms with Crippen LogP contribution in [0.3, 0.4) is 0 Å². The first kappa shape index (κ1) is 14.7. The summed E-state index contributed by atoms with van der Waals surface area (Å²) in [6, 6.07) is -0.163. The zero-order valence-corrected chi connectivity index (χ0v) is 12.2. The molecule has 0 fully saturated rings. The molecule has 102 valence electrons. The molecule has 1 rings (SSSR count). The van der Waals surface area contributed by atoms with Crippen LogP contribution in [0.15, 0.2) is 12.4 Å². The molecule has 0 saturated heterocycles. The summed E-state index contributed by atoms with van der Waals surface area (Å²) in [5, 5.41) is 7.11. The van der Waals surface area contributed by atoms with E-state index in [0.717, 1.165) is 5.56 Å². The molecule has 1 aromatic heterocycles. The highest BCUT2D eigenvalue weighted by atomic mass is 16.2. The van der Waals surface area contributed by atoms with Gasteiger partial charge in [0, 0.05) is 30.9 Å². The van der Waals surface area contributed by atoms with Gasteiger partial charge in [-0.2, -0.15) is 5.10 Å². The number of hydrogen-bond acceptors (Lipinski definition) is 3. The lowest BCUT2D eigenvalue weighted by Crippen LogP contribution is -2.49. The van der Waals surface area contributed by atoms with Gasteiger partial charge in [0.15, 0.2) is 0 Å². The van der Waals surface area contributed by atoms with Gasteiger partial charge in [-0.1, -0.05) is 0 Å². The molecule has 0 aromatic carbocycles. The van der Waals surface area contributed by atoms with Crippen LogP contribution in [0.25, 0.3) is 0 Å². The molecule has 0 aliphatic heterocycles. The van der Waals surface area contributed by atoms with Gasteiger partial charge in [0.25, 0.3) is 0 Å². The number of likely N-dealkylation sites (N-methyl/N-ethyl adjacent to an activating group) is 1. The lowest BCUT2D eigenvalue weighted by molar-refractivity contribution is -0.127. The molecule has 1 unspecified atom stereocenters. The normalized spacial score (nSPS) is 13.7. The van der Waals surface area contributed by atoms with Crippen molar-refractivity contribution < 1.29 is 4.79 Å². The molecule has 1 heterocycles. The van der Waals surface area contributed by atoms with Gasteiger partial charge in [-0.05, 0) is 34.7 Å². The van der Waals surface area contributed by atoms with E-state index in [9.17, 15) is 4.79 Å². The molecule has 0 spiro atoms. The first-order chi connectivity index (χ1) is 8.19. The molecule has 5 heteroatoms. The Labute approximate surface area is 109 Å². The van der Waals surface area contributed by atoms with E-state index in [0.29, 0.717) is 6.54 Å². The van der Waals surface area contributed by atoms with E-state index >= 15 is 0 Å². The van der Waals surface area contributed by atoms with Gasteiger partial charge >= 0.3 is 0 Å². The second kappa shape index (κ2) is 5.52. The Kier molecular flexibility index (Phi) is 4.51. The summed E-state index contributed by atoms with van der Waals surface area (Å²) in [6.07, 6.45) is 3.79. The first-order valence-corrected chi connectivity index (χ1v) is 6.19. The number of aryl methyl sites for hydroxylation is 1. The average molecular weight is 252 g/mol. The van der Waals surface area contributed by atoms with Crippen molar-refractivity contribution in [3.05, 3.63) is 18.0 Å². The number of hydrogen-bond donors (Lipinski definition) is 1. The van der Waals surface area contributed by atoms with Gasteiger partial charge < -0.3 is 5.32 Å². The third kappa shape index (κ3) is 4.49. The van der Waals surface area contributed by atoms with Crippen molar-refractivity contribution in [2.24, 2.45) is 7.05 Å². The van der Waals surface area contributed by atoms with Gasteiger partial charge in [0.2, 0.25) is 5.91 Å². The third-order valence-electron chi connectivity index (χ3n) is 2.73. The molecular formula is C13H24N4O. The number of nitrogens with one attached hydrogen (secondary N) is 1. The zero-order valence-electron chi connectivity index (χ0n) is 12.2. The van der Waals surface area contributed by atoms with Crippen molar-refractivity contribution in [2.75, 3.05) is 7.05 Å². The largest absolute Gasteiger partial charge is 0.350 e. The van der Waals surface area contributed by atoms with Crippen molar-refractivity contribution in [3.63, 3.8) is 0 Å². The van der Waals surface area contributed by atoms with E-state index in [-0.39, 0.29) is 17.5 Å². The van der Waals surface area contributed by atoms with Crippen LogP contribution in [0.5, 0.6) is 0 Å². The lowest BCUT2D eigenvalue weighted by atomic mass is 10.1. The highest BCUT2D eigenvalue weighted by Crippen LogP contribution is 2.07. The fraction of sp³-hybridized carbons (Fsp3) is 0.692. The molecule has 1 amide bonds. The highest BCUT2D eigenvalue weighted by Gasteiger charge is 2.22. The molecule has 1 aromatic rings. The van der Waals surface area contributed by atoms with E-state index in [1.165, 1.54) is 0 Å². The average Bonchev–Trinajstić information content (AvgIpc) is 2.60. The van der Waals surface area contributed by atoms with Gasteiger partial charge in [-0.3, -0.25) is 14.4 Å². The van der Waals surface area contributed by atoms with Gasteiger partial charge in [0.1, 0.15) is 0 Å². The van der Waals surface area contributed by atoms with Gasteiger partial charge in [0.05, 0.1) is 12.2 Å². The molecule has 5 nitrogen and oxygen atoms in total. The summed E-state index contributed by atoms with van der Waals surface area (Å²) in [6.45, 7) is 8.58. The van der Waals surface area contributed by atoms with Crippen LogP contribution in [-0.4, -0.2) is 39.2 Å². The maximum absolute atomic E-state index is 12.0. The number of amides is 1. The third-order valence-corrected chi connectivity index (χ3v) is 2.73. The minimum Gasteiger partial charge on any atom is -0.350 e. The number of aromatic nitrogens is 2. The van der Waals surface area contributed by atoms with Crippen LogP contribution in [0.4, 0.5) is 0 Å². The van der Waals surface area contributed by atoms with Crippen LogP contribution >= 0.6 is 0 Å². The van der Waals surface area contributed by atoms with Gasteiger partial charge in [-0.25, -0.2) is 0 Å². The minimum atomic E-state index is -0.194.